The molecule has 118 valence electrons. The van der Waals surface area contributed by atoms with Crippen molar-refractivity contribution in [1.82, 2.24) is 4.90 Å². The van der Waals surface area contributed by atoms with Crippen LogP contribution in [0.25, 0.3) is 0 Å². The summed E-state index contributed by atoms with van der Waals surface area (Å²) in [5.41, 5.74) is 7.07. The monoisotopic (exact) mass is 312 g/mol. The second-order valence-corrected chi connectivity index (χ2v) is 5.73. The average Bonchev–Trinajstić information content (AvgIpc) is 3.38. The average molecular weight is 312 g/mol. The second-order valence-electron chi connectivity index (χ2n) is 5.73. The van der Waals surface area contributed by atoms with Crippen LogP contribution in [0.1, 0.15) is 39.1 Å². The second kappa shape index (κ2) is 6.20. The molecule has 2 amide bonds. The highest BCUT2D eigenvalue weighted by Crippen LogP contribution is 2.30. The summed E-state index contributed by atoms with van der Waals surface area (Å²) in [4.78, 5) is 25.5. The zero-order chi connectivity index (χ0) is 16.4. The Bertz CT molecular complexity index is 722. The van der Waals surface area contributed by atoms with Gasteiger partial charge < -0.3 is 10.6 Å². The van der Waals surface area contributed by atoms with Crippen molar-refractivity contribution in [2.75, 3.05) is 0 Å². The predicted molar refractivity (Wildman–Crippen MR) is 84.3 cm³/mol. The molecular weight excluding hydrogens is 295 g/mol. The number of amides is 2. The van der Waals surface area contributed by atoms with Crippen LogP contribution in [0.2, 0.25) is 0 Å². The molecule has 0 saturated heterocycles. The van der Waals surface area contributed by atoms with Gasteiger partial charge in [-0.25, -0.2) is 4.39 Å². The molecule has 3 rings (SSSR count). The molecule has 2 aromatic carbocycles. The van der Waals surface area contributed by atoms with Gasteiger partial charge in [-0.1, -0.05) is 12.1 Å². The number of hydrogen-bond acceptors (Lipinski definition) is 2. The Morgan fingerprint density at radius 2 is 1.57 bits per heavy atom. The van der Waals surface area contributed by atoms with Gasteiger partial charge in [-0.05, 0) is 54.8 Å². The Labute approximate surface area is 133 Å². The molecule has 1 saturated carbocycles. The molecule has 2 N–H and O–H groups in total. The van der Waals surface area contributed by atoms with Crippen molar-refractivity contribution in [2.45, 2.75) is 25.4 Å². The maximum absolute atomic E-state index is 13.0. The molecule has 2 aromatic rings. The lowest BCUT2D eigenvalue weighted by Crippen LogP contribution is -2.32. The van der Waals surface area contributed by atoms with Gasteiger partial charge in [0, 0.05) is 23.7 Å². The van der Waals surface area contributed by atoms with Gasteiger partial charge in [-0.3, -0.25) is 9.59 Å². The minimum atomic E-state index is -0.474. The predicted octanol–water partition coefficient (Wildman–Crippen LogP) is 2.73. The quantitative estimate of drug-likeness (QED) is 0.922. The van der Waals surface area contributed by atoms with E-state index in [9.17, 15) is 14.0 Å². The zero-order valence-electron chi connectivity index (χ0n) is 12.5. The summed E-state index contributed by atoms with van der Waals surface area (Å²) in [6.07, 6.45) is 1.96. The van der Waals surface area contributed by atoms with Crippen LogP contribution < -0.4 is 5.73 Å². The van der Waals surface area contributed by atoms with Gasteiger partial charge >= 0.3 is 0 Å². The summed E-state index contributed by atoms with van der Waals surface area (Å²) in [5, 5.41) is 0. The van der Waals surface area contributed by atoms with Crippen LogP contribution in [0.4, 0.5) is 4.39 Å². The molecule has 1 fully saturated rings. The van der Waals surface area contributed by atoms with E-state index < -0.39 is 5.91 Å². The molecule has 0 spiro atoms. The van der Waals surface area contributed by atoms with Crippen molar-refractivity contribution >= 4 is 11.8 Å². The lowest BCUT2D eigenvalue weighted by Gasteiger charge is -2.23. The summed E-state index contributed by atoms with van der Waals surface area (Å²) >= 11 is 0. The van der Waals surface area contributed by atoms with Crippen molar-refractivity contribution in [3.05, 3.63) is 71.0 Å². The van der Waals surface area contributed by atoms with Crippen molar-refractivity contribution in [3.8, 4) is 0 Å². The zero-order valence-corrected chi connectivity index (χ0v) is 12.5. The Kier molecular flexibility index (Phi) is 4.10. The van der Waals surface area contributed by atoms with E-state index in [1.54, 1.807) is 29.2 Å². The largest absolute Gasteiger partial charge is 0.366 e. The standard InChI is InChI=1S/C18H17FN2O2/c19-15-7-5-14(6-8-15)18(23)21(16-9-10-16)11-12-1-3-13(4-2-12)17(20)22/h1-8,16H,9-11H2,(H2,20,22). The number of benzene rings is 2. The fraction of sp³-hybridized carbons (Fsp3) is 0.222. The van der Waals surface area contributed by atoms with Gasteiger partial charge in [0.15, 0.2) is 0 Å². The highest BCUT2D eigenvalue weighted by Gasteiger charge is 2.33. The Morgan fingerprint density at radius 1 is 1.00 bits per heavy atom. The Hall–Kier alpha value is -2.69. The number of carbonyl (C=O) groups is 2. The number of carbonyl (C=O) groups excluding carboxylic acids is 2. The topological polar surface area (TPSA) is 63.4 Å². The van der Waals surface area contributed by atoms with E-state index in [0.29, 0.717) is 17.7 Å². The summed E-state index contributed by atoms with van der Waals surface area (Å²) in [6.45, 7) is 0.458. The van der Waals surface area contributed by atoms with Crippen LogP contribution in [-0.2, 0) is 6.54 Å². The Morgan fingerprint density at radius 3 is 2.09 bits per heavy atom. The highest BCUT2D eigenvalue weighted by atomic mass is 19.1. The van der Waals surface area contributed by atoms with E-state index >= 15 is 0 Å². The van der Waals surface area contributed by atoms with Gasteiger partial charge in [-0.15, -0.1) is 0 Å². The first-order chi connectivity index (χ1) is 11.0. The summed E-state index contributed by atoms with van der Waals surface area (Å²) in [7, 11) is 0. The number of rotatable bonds is 5. The third kappa shape index (κ3) is 3.56. The van der Waals surface area contributed by atoms with Crippen LogP contribution in [0.15, 0.2) is 48.5 Å². The third-order valence-electron chi connectivity index (χ3n) is 3.93. The van der Waals surface area contributed by atoms with Crippen LogP contribution in [0, 0.1) is 5.82 Å². The van der Waals surface area contributed by atoms with Crippen LogP contribution >= 0.6 is 0 Å². The molecule has 0 atom stereocenters. The minimum Gasteiger partial charge on any atom is -0.366 e. The maximum Gasteiger partial charge on any atom is 0.254 e. The third-order valence-corrected chi connectivity index (χ3v) is 3.93. The van der Waals surface area contributed by atoms with Crippen molar-refractivity contribution in [2.24, 2.45) is 5.73 Å². The van der Waals surface area contributed by atoms with Crippen LogP contribution in [0.3, 0.4) is 0 Å². The van der Waals surface area contributed by atoms with Crippen molar-refractivity contribution in [1.29, 1.82) is 0 Å². The van der Waals surface area contributed by atoms with Gasteiger partial charge in [0.25, 0.3) is 5.91 Å². The van der Waals surface area contributed by atoms with Gasteiger partial charge in [-0.2, -0.15) is 0 Å². The smallest absolute Gasteiger partial charge is 0.254 e. The van der Waals surface area contributed by atoms with Crippen molar-refractivity contribution < 1.29 is 14.0 Å². The van der Waals surface area contributed by atoms with E-state index in [0.717, 1.165) is 18.4 Å². The number of nitrogens with two attached hydrogens (primary N) is 1. The molecular formula is C18H17FN2O2. The van der Waals surface area contributed by atoms with Crippen molar-refractivity contribution in [3.63, 3.8) is 0 Å². The lowest BCUT2D eigenvalue weighted by atomic mass is 10.1. The van der Waals surface area contributed by atoms with Gasteiger partial charge in [0.1, 0.15) is 5.82 Å². The normalized spacial score (nSPS) is 13.6. The molecule has 1 aliphatic rings. The maximum atomic E-state index is 13.0. The number of halogens is 1. The van der Waals surface area contributed by atoms with Gasteiger partial charge in [0.05, 0.1) is 0 Å². The fourth-order valence-electron chi connectivity index (χ4n) is 2.48. The van der Waals surface area contributed by atoms with E-state index in [4.69, 9.17) is 5.73 Å². The molecule has 4 nitrogen and oxygen atoms in total. The van der Waals surface area contributed by atoms with E-state index in [2.05, 4.69) is 0 Å². The summed E-state index contributed by atoms with van der Waals surface area (Å²) in [6, 6.07) is 12.7. The van der Waals surface area contributed by atoms with E-state index in [1.807, 2.05) is 0 Å². The molecule has 0 heterocycles. The first-order valence-corrected chi connectivity index (χ1v) is 7.50. The van der Waals surface area contributed by atoms with Crippen LogP contribution in [-0.4, -0.2) is 22.8 Å². The molecule has 1 aliphatic carbocycles. The SMILES string of the molecule is NC(=O)c1ccc(CN(C(=O)c2ccc(F)cc2)C2CC2)cc1. The first-order valence-electron chi connectivity index (χ1n) is 7.50. The number of nitrogens with zero attached hydrogens (tertiary/aromatic N) is 1. The summed E-state index contributed by atoms with van der Waals surface area (Å²) < 4.78 is 13.0. The van der Waals surface area contributed by atoms with Crippen LogP contribution in [0.5, 0.6) is 0 Å². The van der Waals surface area contributed by atoms with E-state index in [1.165, 1.54) is 24.3 Å². The molecule has 0 bridgehead atoms. The molecule has 0 radical (unpaired) electrons. The highest BCUT2D eigenvalue weighted by molar-refractivity contribution is 5.94. The molecule has 23 heavy (non-hydrogen) atoms. The first kappa shape index (κ1) is 15.2. The molecule has 5 heteroatoms. The molecule has 0 aromatic heterocycles. The fourth-order valence-corrected chi connectivity index (χ4v) is 2.48. The lowest BCUT2D eigenvalue weighted by molar-refractivity contribution is 0.0729. The van der Waals surface area contributed by atoms with Gasteiger partial charge in [0.2, 0.25) is 5.91 Å². The molecule has 0 aliphatic heterocycles. The number of primary amides is 1. The Balaban J connectivity index is 1.77. The minimum absolute atomic E-state index is 0.105. The van der Waals surface area contributed by atoms with E-state index in [-0.39, 0.29) is 17.8 Å². The summed E-state index contributed by atoms with van der Waals surface area (Å²) in [5.74, 6) is -0.939. The molecule has 0 unspecified atom stereocenters. The number of hydrogen-bond donors (Lipinski definition) is 1.